The number of para-hydroxylation sites is 1. The van der Waals surface area contributed by atoms with Gasteiger partial charge in [-0.15, -0.1) is 16.4 Å². The lowest BCUT2D eigenvalue weighted by Crippen LogP contribution is -2.38. The highest BCUT2D eigenvalue weighted by Crippen LogP contribution is 2.31. The molecule has 1 fully saturated rings. The summed E-state index contributed by atoms with van der Waals surface area (Å²) in [6.07, 6.45) is 4.78. The normalized spacial score (nSPS) is 18.5. The summed E-state index contributed by atoms with van der Waals surface area (Å²) >= 11 is 1.68. The van der Waals surface area contributed by atoms with Gasteiger partial charge in [-0.1, -0.05) is 17.3 Å². The van der Waals surface area contributed by atoms with Crippen LogP contribution < -0.4 is 5.56 Å². The topological polar surface area (TPSA) is 72.1 Å². The van der Waals surface area contributed by atoms with Gasteiger partial charge in [0.15, 0.2) is 0 Å². The molecule has 2 aliphatic rings. The summed E-state index contributed by atoms with van der Waals surface area (Å²) in [5, 5.41) is 9.57. The minimum Gasteiger partial charge on any atom is -0.301 e. The molecule has 166 valence electrons. The van der Waals surface area contributed by atoms with E-state index in [-0.39, 0.29) is 5.56 Å². The maximum atomic E-state index is 13.2. The van der Waals surface area contributed by atoms with Gasteiger partial charge in [-0.25, -0.2) is 9.67 Å². The van der Waals surface area contributed by atoms with Gasteiger partial charge < -0.3 is 9.80 Å². The van der Waals surface area contributed by atoms with Gasteiger partial charge in [0, 0.05) is 44.1 Å². The van der Waals surface area contributed by atoms with E-state index >= 15 is 0 Å². The van der Waals surface area contributed by atoms with E-state index in [2.05, 4.69) is 42.9 Å². The molecule has 0 atom stereocenters. The second-order valence-electron chi connectivity index (χ2n) is 9.01. The van der Waals surface area contributed by atoms with Crippen LogP contribution in [0, 0.1) is 0 Å². The molecule has 0 saturated carbocycles. The van der Waals surface area contributed by atoms with Crippen LogP contribution in [-0.2, 0) is 19.5 Å². The fourth-order valence-electron chi connectivity index (χ4n) is 5.10. The average Bonchev–Trinajstić information content (AvgIpc) is 3.40. The van der Waals surface area contributed by atoms with Crippen molar-refractivity contribution in [1.29, 1.82) is 0 Å². The Balaban J connectivity index is 1.13. The van der Waals surface area contributed by atoms with Crippen molar-refractivity contribution >= 4 is 32.6 Å². The molecule has 2 aliphatic heterocycles. The summed E-state index contributed by atoms with van der Waals surface area (Å²) in [5.41, 5.74) is 3.43. The quantitative estimate of drug-likeness (QED) is 0.477. The van der Waals surface area contributed by atoms with Gasteiger partial charge in [0.25, 0.3) is 5.56 Å². The number of nitrogens with zero attached hydrogens (tertiary/aromatic N) is 7. The molecule has 5 heterocycles. The number of rotatable bonds is 4. The standard InChI is InChI=1S/C23H27N7OS/c1-27-9-8-17-20(14-27)32-22-21(17)23(31)29(15-24-22)13-12-28-10-6-16(7-11-28)30-19-5-3-2-4-18(19)25-26-30/h2-5,15-16H,6-14H2,1H3. The molecule has 4 aromatic rings. The van der Waals surface area contributed by atoms with Gasteiger partial charge in [-0.2, -0.15) is 0 Å². The van der Waals surface area contributed by atoms with E-state index in [9.17, 15) is 4.79 Å². The van der Waals surface area contributed by atoms with Gasteiger partial charge in [-0.05, 0) is 44.0 Å². The van der Waals surface area contributed by atoms with Crippen LogP contribution >= 0.6 is 11.3 Å². The number of aromatic nitrogens is 5. The summed E-state index contributed by atoms with van der Waals surface area (Å²) in [4.78, 5) is 24.8. The first-order chi connectivity index (χ1) is 15.7. The molecule has 0 aliphatic carbocycles. The summed E-state index contributed by atoms with van der Waals surface area (Å²) in [6.45, 7) is 5.48. The molecule has 0 bridgehead atoms. The van der Waals surface area contributed by atoms with Gasteiger partial charge in [0.2, 0.25) is 0 Å². The summed E-state index contributed by atoms with van der Waals surface area (Å²) in [7, 11) is 2.13. The minimum atomic E-state index is 0.126. The number of likely N-dealkylation sites (tertiary alicyclic amines) is 1. The highest BCUT2D eigenvalue weighted by atomic mass is 32.1. The zero-order valence-electron chi connectivity index (χ0n) is 18.3. The van der Waals surface area contributed by atoms with Crippen LogP contribution in [0.5, 0.6) is 0 Å². The first-order valence-corrected chi connectivity index (χ1v) is 12.2. The maximum Gasteiger partial charge on any atom is 0.262 e. The number of benzene rings is 1. The largest absolute Gasteiger partial charge is 0.301 e. The van der Waals surface area contributed by atoms with Crippen LogP contribution in [0.15, 0.2) is 35.4 Å². The Labute approximate surface area is 190 Å². The molecule has 6 rings (SSSR count). The van der Waals surface area contributed by atoms with Crippen LogP contribution in [0.3, 0.4) is 0 Å². The molecule has 9 heteroatoms. The molecule has 8 nitrogen and oxygen atoms in total. The lowest BCUT2D eigenvalue weighted by atomic mass is 10.0. The minimum absolute atomic E-state index is 0.126. The Morgan fingerprint density at radius 1 is 1.12 bits per heavy atom. The van der Waals surface area contributed by atoms with Crippen LogP contribution in [0.25, 0.3) is 21.3 Å². The van der Waals surface area contributed by atoms with E-state index in [0.717, 1.165) is 73.2 Å². The zero-order chi connectivity index (χ0) is 21.7. The van der Waals surface area contributed by atoms with Gasteiger partial charge in [-0.3, -0.25) is 9.36 Å². The molecule has 0 N–H and O–H groups in total. The molecule has 1 aromatic carbocycles. The third kappa shape index (κ3) is 3.44. The predicted molar refractivity (Wildman–Crippen MR) is 126 cm³/mol. The highest BCUT2D eigenvalue weighted by Gasteiger charge is 2.24. The fourth-order valence-corrected chi connectivity index (χ4v) is 6.36. The Bertz CT molecular complexity index is 1330. The molecular formula is C23H27N7OS. The number of fused-ring (bicyclic) bond motifs is 4. The maximum absolute atomic E-state index is 13.2. The summed E-state index contributed by atoms with van der Waals surface area (Å²) < 4.78 is 3.90. The highest BCUT2D eigenvalue weighted by molar-refractivity contribution is 7.18. The third-order valence-electron chi connectivity index (χ3n) is 6.96. The van der Waals surface area contributed by atoms with Crippen LogP contribution in [-0.4, -0.2) is 67.6 Å². The molecule has 0 spiro atoms. The number of piperidine rings is 1. The van der Waals surface area contributed by atoms with Crippen molar-refractivity contribution < 1.29 is 0 Å². The Morgan fingerprint density at radius 2 is 1.97 bits per heavy atom. The lowest BCUT2D eigenvalue weighted by Gasteiger charge is -2.32. The predicted octanol–water partition coefficient (Wildman–Crippen LogP) is 2.53. The zero-order valence-corrected chi connectivity index (χ0v) is 19.1. The molecular weight excluding hydrogens is 422 g/mol. The van der Waals surface area contributed by atoms with Gasteiger partial charge in [0.1, 0.15) is 10.3 Å². The Morgan fingerprint density at radius 3 is 2.84 bits per heavy atom. The molecule has 32 heavy (non-hydrogen) atoms. The average molecular weight is 450 g/mol. The van der Waals surface area contributed by atoms with Crippen molar-refractivity contribution in [1.82, 2.24) is 34.3 Å². The van der Waals surface area contributed by atoms with Crippen molar-refractivity contribution in [2.45, 2.75) is 38.4 Å². The van der Waals surface area contributed by atoms with E-state index in [1.807, 2.05) is 22.8 Å². The second-order valence-corrected chi connectivity index (χ2v) is 10.1. The number of hydrogen-bond donors (Lipinski definition) is 0. The fraction of sp³-hybridized carbons (Fsp3) is 0.478. The Hall–Kier alpha value is -2.62. The van der Waals surface area contributed by atoms with E-state index < -0.39 is 0 Å². The first kappa shape index (κ1) is 20.0. The molecule has 3 aromatic heterocycles. The van der Waals surface area contributed by atoms with Crippen molar-refractivity contribution in [2.24, 2.45) is 0 Å². The molecule has 1 saturated heterocycles. The van der Waals surface area contributed by atoms with Crippen LogP contribution in [0.2, 0.25) is 0 Å². The number of likely N-dealkylation sites (N-methyl/N-ethyl adjacent to an activating group) is 1. The lowest BCUT2D eigenvalue weighted by molar-refractivity contribution is 0.175. The number of hydrogen-bond acceptors (Lipinski definition) is 7. The van der Waals surface area contributed by atoms with Crippen molar-refractivity contribution in [3.63, 3.8) is 0 Å². The smallest absolute Gasteiger partial charge is 0.262 e. The van der Waals surface area contributed by atoms with Gasteiger partial charge in [0.05, 0.1) is 23.3 Å². The third-order valence-corrected chi connectivity index (χ3v) is 8.08. The Kier molecular flexibility index (Phi) is 5.04. The first-order valence-electron chi connectivity index (χ1n) is 11.4. The molecule has 0 unspecified atom stereocenters. The van der Waals surface area contributed by atoms with Gasteiger partial charge >= 0.3 is 0 Å². The number of thiophene rings is 1. The van der Waals surface area contributed by atoms with Crippen LogP contribution in [0.4, 0.5) is 0 Å². The van der Waals surface area contributed by atoms with E-state index in [0.29, 0.717) is 12.6 Å². The van der Waals surface area contributed by atoms with E-state index in [1.54, 1.807) is 17.7 Å². The molecule has 0 amide bonds. The van der Waals surface area contributed by atoms with Crippen molar-refractivity contribution in [3.8, 4) is 0 Å². The van der Waals surface area contributed by atoms with Crippen molar-refractivity contribution in [3.05, 3.63) is 51.4 Å². The SMILES string of the molecule is CN1CCc2c(sc3ncn(CCN4CCC(n5nnc6ccccc65)CC4)c(=O)c23)C1. The van der Waals surface area contributed by atoms with Crippen molar-refractivity contribution in [2.75, 3.05) is 33.2 Å². The van der Waals surface area contributed by atoms with E-state index in [4.69, 9.17) is 0 Å². The second kappa shape index (κ2) is 8.06. The van der Waals surface area contributed by atoms with Crippen LogP contribution in [0.1, 0.15) is 29.3 Å². The van der Waals surface area contributed by atoms with E-state index in [1.165, 1.54) is 10.4 Å². The summed E-state index contributed by atoms with van der Waals surface area (Å²) in [6, 6.07) is 8.54. The monoisotopic (exact) mass is 449 g/mol. The summed E-state index contributed by atoms with van der Waals surface area (Å²) in [5.74, 6) is 0. The molecule has 0 radical (unpaired) electrons.